The Morgan fingerprint density at radius 2 is 1.88 bits per heavy atom. The van der Waals surface area contributed by atoms with Crippen molar-refractivity contribution in [1.82, 2.24) is 4.90 Å². The highest BCUT2D eigenvalue weighted by atomic mass is 35.5. The standard InChI is InChI=1S/C20H21ClN2O3/c21-16-9-7-14(8-10-16)13-26-18-6-2-1-5-17(18)20(25)23-11-3-4-15(12-23)19(22)24/h1-2,5-10,15H,3-4,11-13H2,(H2,22,24). The third kappa shape index (κ3) is 4.35. The molecule has 0 aliphatic carbocycles. The van der Waals surface area contributed by atoms with Gasteiger partial charge in [-0.1, -0.05) is 35.9 Å². The van der Waals surface area contributed by atoms with Gasteiger partial charge in [0.2, 0.25) is 5.91 Å². The molecule has 6 heteroatoms. The van der Waals surface area contributed by atoms with E-state index in [-0.39, 0.29) is 17.7 Å². The Morgan fingerprint density at radius 3 is 2.62 bits per heavy atom. The molecular weight excluding hydrogens is 352 g/mol. The number of ether oxygens (including phenoxy) is 1. The number of nitrogens with zero attached hydrogens (tertiary/aromatic N) is 1. The van der Waals surface area contributed by atoms with Gasteiger partial charge in [0.1, 0.15) is 12.4 Å². The molecule has 0 radical (unpaired) electrons. The summed E-state index contributed by atoms with van der Waals surface area (Å²) in [6, 6.07) is 14.5. The molecule has 26 heavy (non-hydrogen) atoms. The third-order valence-corrected chi connectivity index (χ3v) is 4.79. The van der Waals surface area contributed by atoms with Gasteiger partial charge < -0.3 is 15.4 Å². The number of piperidine rings is 1. The molecule has 1 fully saturated rings. The lowest BCUT2D eigenvalue weighted by molar-refractivity contribution is -0.123. The van der Waals surface area contributed by atoms with Crippen LogP contribution in [0.1, 0.15) is 28.8 Å². The van der Waals surface area contributed by atoms with Crippen LogP contribution in [0, 0.1) is 5.92 Å². The van der Waals surface area contributed by atoms with Crippen molar-refractivity contribution in [2.75, 3.05) is 13.1 Å². The molecule has 0 aromatic heterocycles. The summed E-state index contributed by atoms with van der Waals surface area (Å²) < 4.78 is 5.87. The predicted molar refractivity (Wildman–Crippen MR) is 100 cm³/mol. The first-order chi connectivity index (χ1) is 12.5. The predicted octanol–water partition coefficient (Wildman–Crippen LogP) is 3.26. The van der Waals surface area contributed by atoms with Gasteiger partial charge in [0, 0.05) is 18.1 Å². The Bertz CT molecular complexity index is 792. The normalized spacial score (nSPS) is 17.0. The number of amides is 2. The van der Waals surface area contributed by atoms with Crippen LogP contribution >= 0.6 is 11.6 Å². The molecular formula is C20H21ClN2O3. The average Bonchev–Trinajstić information content (AvgIpc) is 2.67. The van der Waals surface area contributed by atoms with Crippen LogP contribution in [-0.4, -0.2) is 29.8 Å². The molecule has 0 spiro atoms. The molecule has 1 atom stereocenters. The summed E-state index contributed by atoms with van der Waals surface area (Å²) >= 11 is 5.89. The topological polar surface area (TPSA) is 72.6 Å². The zero-order valence-corrected chi connectivity index (χ0v) is 15.1. The highest BCUT2D eigenvalue weighted by molar-refractivity contribution is 6.30. The van der Waals surface area contributed by atoms with E-state index in [1.54, 1.807) is 35.2 Å². The second kappa shape index (κ2) is 8.23. The van der Waals surface area contributed by atoms with Crippen molar-refractivity contribution in [2.24, 2.45) is 11.7 Å². The molecule has 0 bridgehead atoms. The molecule has 1 aliphatic heterocycles. The number of halogens is 1. The van der Waals surface area contributed by atoms with Crippen molar-refractivity contribution in [2.45, 2.75) is 19.4 Å². The minimum absolute atomic E-state index is 0.136. The quantitative estimate of drug-likeness (QED) is 0.875. The maximum Gasteiger partial charge on any atom is 0.257 e. The Hall–Kier alpha value is -2.53. The minimum Gasteiger partial charge on any atom is -0.488 e. The number of carbonyl (C=O) groups is 2. The van der Waals surface area contributed by atoms with Crippen molar-refractivity contribution < 1.29 is 14.3 Å². The average molecular weight is 373 g/mol. The SMILES string of the molecule is NC(=O)C1CCCN(C(=O)c2ccccc2OCc2ccc(Cl)cc2)C1. The van der Waals surface area contributed by atoms with Gasteiger partial charge in [0.25, 0.3) is 5.91 Å². The molecule has 0 saturated carbocycles. The van der Waals surface area contributed by atoms with Crippen LogP contribution in [-0.2, 0) is 11.4 Å². The van der Waals surface area contributed by atoms with Crippen LogP contribution in [0.2, 0.25) is 5.02 Å². The number of rotatable bonds is 5. The fourth-order valence-corrected chi connectivity index (χ4v) is 3.20. The number of para-hydroxylation sites is 1. The molecule has 1 saturated heterocycles. The van der Waals surface area contributed by atoms with E-state index in [1.165, 1.54) is 0 Å². The van der Waals surface area contributed by atoms with Gasteiger partial charge in [-0.2, -0.15) is 0 Å². The van der Waals surface area contributed by atoms with E-state index >= 15 is 0 Å². The Kier molecular flexibility index (Phi) is 5.78. The van der Waals surface area contributed by atoms with Crippen molar-refractivity contribution >= 4 is 23.4 Å². The summed E-state index contributed by atoms with van der Waals surface area (Å²) in [4.78, 5) is 26.1. The number of hydrogen-bond donors (Lipinski definition) is 1. The monoisotopic (exact) mass is 372 g/mol. The molecule has 1 aliphatic rings. The summed E-state index contributed by atoms with van der Waals surface area (Å²) in [5.74, 6) is -0.249. The maximum absolute atomic E-state index is 12.9. The molecule has 1 heterocycles. The Balaban J connectivity index is 1.72. The molecule has 3 rings (SSSR count). The van der Waals surface area contributed by atoms with E-state index in [0.29, 0.717) is 36.0 Å². The van der Waals surface area contributed by atoms with Crippen molar-refractivity contribution in [1.29, 1.82) is 0 Å². The highest BCUT2D eigenvalue weighted by Gasteiger charge is 2.28. The molecule has 2 amide bonds. The first-order valence-corrected chi connectivity index (χ1v) is 8.97. The first kappa shape index (κ1) is 18.3. The van der Waals surface area contributed by atoms with E-state index in [0.717, 1.165) is 18.4 Å². The lowest BCUT2D eigenvalue weighted by atomic mass is 9.97. The van der Waals surface area contributed by atoms with E-state index in [2.05, 4.69) is 0 Å². The van der Waals surface area contributed by atoms with Crippen LogP contribution in [0.15, 0.2) is 48.5 Å². The molecule has 5 nitrogen and oxygen atoms in total. The van der Waals surface area contributed by atoms with Gasteiger partial charge in [-0.15, -0.1) is 0 Å². The summed E-state index contributed by atoms with van der Waals surface area (Å²) in [7, 11) is 0. The maximum atomic E-state index is 12.9. The molecule has 136 valence electrons. The van der Waals surface area contributed by atoms with Gasteiger partial charge in [0.15, 0.2) is 0 Å². The number of carbonyl (C=O) groups excluding carboxylic acids is 2. The first-order valence-electron chi connectivity index (χ1n) is 8.59. The smallest absolute Gasteiger partial charge is 0.257 e. The summed E-state index contributed by atoms with van der Waals surface area (Å²) in [6.45, 7) is 1.32. The number of nitrogens with two attached hydrogens (primary N) is 1. The minimum atomic E-state index is -0.352. The molecule has 1 unspecified atom stereocenters. The number of benzene rings is 2. The van der Waals surface area contributed by atoms with Gasteiger partial charge in [-0.3, -0.25) is 9.59 Å². The van der Waals surface area contributed by atoms with Crippen LogP contribution in [0.25, 0.3) is 0 Å². The van der Waals surface area contributed by atoms with E-state index < -0.39 is 0 Å². The van der Waals surface area contributed by atoms with Crippen LogP contribution < -0.4 is 10.5 Å². The van der Waals surface area contributed by atoms with Gasteiger partial charge in [-0.05, 0) is 42.7 Å². The number of hydrogen-bond acceptors (Lipinski definition) is 3. The fraction of sp³-hybridized carbons (Fsp3) is 0.300. The second-order valence-electron chi connectivity index (χ2n) is 6.40. The van der Waals surface area contributed by atoms with Crippen molar-refractivity contribution in [3.63, 3.8) is 0 Å². The lowest BCUT2D eigenvalue weighted by Gasteiger charge is -2.31. The van der Waals surface area contributed by atoms with E-state index in [4.69, 9.17) is 22.1 Å². The number of primary amides is 1. The van der Waals surface area contributed by atoms with Crippen LogP contribution in [0.4, 0.5) is 0 Å². The second-order valence-corrected chi connectivity index (χ2v) is 6.84. The van der Waals surface area contributed by atoms with Crippen molar-refractivity contribution in [3.8, 4) is 5.75 Å². The highest BCUT2D eigenvalue weighted by Crippen LogP contribution is 2.24. The molecule has 2 aromatic carbocycles. The van der Waals surface area contributed by atoms with Gasteiger partial charge >= 0.3 is 0 Å². The van der Waals surface area contributed by atoms with E-state index in [1.807, 2.05) is 18.2 Å². The van der Waals surface area contributed by atoms with Crippen LogP contribution in [0.5, 0.6) is 5.75 Å². The number of likely N-dealkylation sites (tertiary alicyclic amines) is 1. The van der Waals surface area contributed by atoms with E-state index in [9.17, 15) is 9.59 Å². The summed E-state index contributed by atoms with van der Waals surface area (Å²) in [5.41, 5.74) is 6.86. The van der Waals surface area contributed by atoms with Gasteiger partial charge in [-0.25, -0.2) is 0 Å². The van der Waals surface area contributed by atoms with Crippen molar-refractivity contribution in [3.05, 3.63) is 64.7 Å². The Morgan fingerprint density at radius 1 is 1.15 bits per heavy atom. The fourth-order valence-electron chi connectivity index (χ4n) is 3.08. The van der Waals surface area contributed by atoms with Gasteiger partial charge in [0.05, 0.1) is 11.5 Å². The molecule has 2 aromatic rings. The zero-order chi connectivity index (χ0) is 18.5. The van der Waals surface area contributed by atoms with Crippen LogP contribution in [0.3, 0.4) is 0 Å². The summed E-state index contributed by atoms with van der Waals surface area (Å²) in [6.07, 6.45) is 1.50. The molecule has 2 N–H and O–H groups in total. The zero-order valence-electron chi connectivity index (χ0n) is 14.4. The summed E-state index contributed by atoms with van der Waals surface area (Å²) in [5, 5.41) is 0.665. The lowest BCUT2D eigenvalue weighted by Crippen LogP contribution is -2.44. The Labute approximate surface area is 157 Å². The third-order valence-electron chi connectivity index (χ3n) is 4.54. The largest absolute Gasteiger partial charge is 0.488 e.